The molecule has 0 saturated heterocycles. The highest BCUT2D eigenvalue weighted by atomic mass is 32.2. The van der Waals surface area contributed by atoms with E-state index in [-0.39, 0.29) is 4.90 Å². The fourth-order valence-electron chi connectivity index (χ4n) is 5.91. The first kappa shape index (κ1) is 30.9. The lowest BCUT2D eigenvalue weighted by Crippen LogP contribution is -2.35. The molecule has 0 atom stereocenters. The maximum Gasteiger partial charge on any atom is 0.323 e. The first-order chi connectivity index (χ1) is 22.2. The molecule has 0 unspecified atom stereocenters. The van der Waals surface area contributed by atoms with E-state index in [1.807, 2.05) is 31.2 Å². The van der Waals surface area contributed by atoms with Crippen molar-refractivity contribution >= 4 is 55.5 Å². The smallest absolute Gasteiger partial charge is 0.323 e. The van der Waals surface area contributed by atoms with E-state index >= 15 is 0 Å². The largest absolute Gasteiger partial charge is 0.744 e. The van der Waals surface area contributed by atoms with E-state index in [1.54, 1.807) is 12.1 Å². The van der Waals surface area contributed by atoms with Gasteiger partial charge in [-0.2, -0.15) is 0 Å². The Morgan fingerprint density at radius 3 is 2.09 bits per heavy atom. The van der Waals surface area contributed by atoms with Crippen molar-refractivity contribution < 1.29 is 17.5 Å². The summed E-state index contributed by atoms with van der Waals surface area (Å²) >= 11 is 0. The fraction of sp³-hybridized carbons (Fsp3) is 0.162. The molecule has 7 rings (SSSR count). The number of nitrogens with zero attached hydrogens (tertiary/aromatic N) is 5. The van der Waals surface area contributed by atoms with Crippen LogP contribution in [0.4, 0.5) is 0 Å². The molecule has 0 N–H and O–H groups in total. The van der Waals surface area contributed by atoms with Crippen LogP contribution in [0.2, 0.25) is 0 Å². The van der Waals surface area contributed by atoms with Gasteiger partial charge in [0.15, 0.2) is 5.52 Å². The molecule has 0 aliphatic heterocycles. The Morgan fingerprint density at radius 1 is 0.804 bits per heavy atom. The van der Waals surface area contributed by atoms with Crippen LogP contribution in [0.5, 0.6) is 0 Å². The Morgan fingerprint density at radius 2 is 1.43 bits per heavy atom. The molecule has 9 heteroatoms. The Bertz CT molecular complexity index is 2260. The molecule has 46 heavy (non-hydrogen) atoms. The van der Waals surface area contributed by atoms with Crippen LogP contribution in [-0.2, 0) is 30.3 Å². The third-order valence-electron chi connectivity index (χ3n) is 8.13. The van der Waals surface area contributed by atoms with Crippen molar-refractivity contribution in [2.75, 3.05) is 0 Å². The van der Waals surface area contributed by atoms with Gasteiger partial charge in [-0.15, -0.1) is 0 Å². The molecule has 7 aromatic rings. The monoisotopic (exact) mass is 629 g/mol. The second kappa shape index (κ2) is 12.7. The van der Waals surface area contributed by atoms with Crippen molar-refractivity contribution in [2.24, 2.45) is 7.05 Å². The van der Waals surface area contributed by atoms with Gasteiger partial charge < -0.3 is 9.12 Å². The van der Waals surface area contributed by atoms with Gasteiger partial charge in [-0.3, -0.25) is 0 Å². The van der Waals surface area contributed by atoms with Crippen molar-refractivity contribution in [1.29, 1.82) is 0 Å². The number of benzene rings is 4. The summed E-state index contributed by atoms with van der Waals surface area (Å²) in [6, 6.07) is 33.1. The highest BCUT2D eigenvalue weighted by molar-refractivity contribution is 7.85. The number of fused-ring (bicyclic) bond motifs is 3. The topological polar surface area (TPSA) is 96.7 Å². The van der Waals surface area contributed by atoms with Crippen LogP contribution in [-0.4, -0.2) is 32.1 Å². The van der Waals surface area contributed by atoms with Crippen molar-refractivity contribution in [1.82, 2.24) is 19.1 Å². The zero-order valence-corrected chi connectivity index (χ0v) is 27.1. The minimum absolute atomic E-state index is 0.178. The first-order valence-corrected chi connectivity index (χ1v) is 16.6. The van der Waals surface area contributed by atoms with Gasteiger partial charge >= 0.3 is 5.65 Å². The third-order valence-corrected chi connectivity index (χ3v) is 8.98. The third kappa shape index (κ3) is 5.82. The van der Waals surface area contributed by atoms with Gasteiger partial charge in [-0.25, -0.2) is 22.5 Å². The zero-order chi connectivity index (χ0) is 32.4. The van der Waals surface area contributed by atoms with Gasteiger partial charge in [0.2, 0.25) is 5.82 Å². The van der Waals surface area contributed by atoms with Crippen molar-refractivity contribution in [2.45, 2.75) is 38.8 Å². The summed E-state index contributed by atoms with van der Waals surface area (Å²) in [5, 5.41) is 1.24. The molecule has 3 aromatic heterocycles. The molecule has 0 bridgehead atoms. The molecule has 0 amide bonds. The molecule has 0 fully saturated rings. The van der Waals surface area contributed by atoms with E-state index in [4.69, 9.17) is 9.97 Å². The lowest BCUT2D eigenvalue weighted by molar-refractivity contribution is -0.672. The summed E-state index contributed by atoms with van der Waals surface area (Å²) in [6.07, 6.45) is 4.49. The molecule has 4 aromatic carbocycles. The van der Waals surface area contributed by atoms with Gasteiger partial charge in [-0.05, 0) is 62.7 Å². The Labute approximate surface area is 268 Å². The molecule has 232 valence electrons. The summed E-state index contributed by atoms with van der Waals surface area (Å²) in [5.74, 6) is 1.10. The molecule has 0 radical (unpaired) electrons. The van der Waals surface area contributed by atoms with Crippen LogP contribution in [0.3, 0.4) is 0 Å². The lowest BCUT2D eigenvalue weighted by atomic mass is 10.0. The Balaban J connectivity index is 0.000000288. The van der Waals surface area contributed by atoms with E-state index in [0.717, 1.165) is 46.8 Å². The van der Waals surface area contributed by atoms with E-state index in [2.05, 4.69) is 101 Å². The second-order valence-corrected chi connectivity index (χ2v) is 12.4. The van der Waals surface area contributed by atoms with Crippen LogP contribution in [0.25, 0.3) is 56.6 Å². The number of aromatic nitrogens is 5. The Kier molecular flexibility index (Phi) is 8.53. The van der Waals surface area contributed by atoms with E-state index in [1.165, 1.54) is 39.9 Å². The predicted octanol–water partition coefficient (Wildman–Crippen LogP) is 7.14. The number of hydrogen-bond acceptors (Lipinski definition) is 5. The predicted molar refractivity (Wildman–Crippen MR) is 183 cm³/mol. The molecular formula is C37H35N5O3S. The maximum absolute atomic E-state index is 10.4. The average molecular weight is 630 g/mol. The highest BCUT2D eigenvalue weighted by Gasteiger charge is 2.24. The molecule has 0 spiro atoms. The summed E-state index contributed by atoms with van der Waals surface area (Å²) in [5.41, 5.74) is 9.49. The standard InChI is InChI=1S/C30H28N5.C7H8O3S/c1-4-34-27(35(5-2)30-29(34)31-24-16-10-11-17-25(24)32-30)20-19-23-22-15-9-12-18-26(22)33(3)28(23)21-13-7-6-8-14-21;1-6-2-4-7(5-3-6)11(8,9)10/h6-20H,4-5H2,1-3H3;2-5H,1H3,(H,8,9,10)/q+1;/p-1. The summed E-state index contributed by atoms with van der Waals surface area (Å²) < 4.78 is 38.0. The summed E-state index contributed by atoms with van der Waals surface area (Å²) in [4.78, 5) is 9.81. The van der Waals surface area contributed by atoms with Crippen LogP contribution in [0, 0.1) is 6.92 Å². The molecule has 3 heterocycles. The summed E-state index contributed by atoms with van der Waals surface area (Å²) in [7, 11) is -2.12. The SMILES string of the molecule is CCn1c(C=Cc2c(-c3ccccc3)n(C)c3ccccc23)[n+](CC)c2nc3ccccc3nc21.Cc1ccc(S(=O)(=O)[O-])cc1. The van der Waals surface area contributed by atoms with Gasteiger partial charge in [0.25, 0.3) is 5.65 Å². The average Bonchev–Trinajstić information content (AvgIpc) is 3.52. The first-order valence-electron chi connectivity index (χ1n) is 15.2. The van der Waals surface area contributed by atoms with Crippen molar-refractivity contribution in [3.63, 3.8) is 0 Å². The number of para-hydroxylation sites is 3. The van der Waals surface area contributed by atoms with Crippen molar-refractivity contribution in [3.8, 4) is 11.3 Å². The maximum atomic E-state index is 10.4. The Hall–Kier alpha value is -5.12. The number of hydrogen-bond donors (Lipinski definition) is 0. The lowest BCUT2D eigenvalue weighted by Gasteiger charge is -2.06. The number of imidazole rings is 1. The molecule has 8 nitrogen and oxygen atoms in total. The van der Waals surface area contributed by atoms with E-state index in [0.29, 0.717) is 0 Å². The highest BCUT2D eigenvalue weighted by Crippen LogP contribution is 2.34. The molecular weight excluding hydrogens is 595 g/mol. The minimum Gasteiger partial charge on any atom is -0.744 e. The second-order valence-electron chi connectivity index (χ2n) is 11.0. The summed E-state index contributed by atoms with van der Waals surface area (Å²) in [6.45, 7) is 7.79. The minimum atomic E-state index is -4.27. The van der Waals surface area contributed by atoms with Gasteiger partial charge in [0, 0.05) is 29.6 Å². The number of rotatable bonds is 6. The van der Waals surface area contributed by atoms with Gasteiger partial charge in [-0.1, -0.05) is 83.3 Å². The zero-order valence-electron chi connectivity index (χ0n) is 26.3. The molecule has 0 aliphatic rings. The number of aryl methyl sites for hydroxylation is 4. The van der Waals surface area contributed by atoms with Crippen LogP contribution < -0.4 is 4.57 Å². The van der Waals surface area contributed by atoms with E-state index in [9.17, 15) is 13.0 Å². The van der Waals surface area contributed by atoms with Crippen LogP contribution >= 0.6 is 0 Å². The quantitative estimate of drug-likeness (QED) is 0.144. The molecule has 0 saturated carbocycles. The van der Waals surface area contributed by atoms with Crippen LogP contribution in [0.1, 0.15) is 30.8 Å². The van der Waals surface area contributed by atoms with Crippen molar-refractivity contribution in [3.05, 3.63) is 120 Å². The van der Waals surface area contributed by atoms with E-state index < -0.39 is 10.1 Å². The normalized spacial score (nSPS) is 11.8. The van der Waals surface area contributed by atoms with Crippen LogP contribution in [0.15, 0.2) is 108 Å². The van der Waals surface area contributed by atoms with Gasteiger partial charge in [0.1, 0.15) is 15.6 Å². The molecule has 0 aliphatic carbocycles. The fourth-order valence-corrected chi connectivity index (χ4v) is 6.38. The van der Waals surface area contributed by atoms with Gasteiger partial charge in [0.05, 0.1) is 23.7 Å².